The molecule has 0 bridgehead atoms. The molecule has 1 fully saturated rings. The van der Waals surface area contributed by atoms with E-state index in [9.17, 15) is 9.59 Å². The van der Waals surface area contributed by atoms with E-state index in [0.29, 0.717) is 48.1 Å². The molecule has 2 aromatic heterocycles. The maximum Gasteiger partial charge on any atom is 0.290 e. The van der Waals surface area contributed by atoms with Crippen molar-refractivity contribution in [3.8, 4) is 0 Å². The lowest BCUT2D eigenvalue weighted by molar-refractivity contribution is 0.0736. The van der Waals surface area contributed by atoms with Crippen LogP contribution in [0.15, 0.2) is 21.0 Å². The molecule has 0 N–H and O–H groups in total. The zero-order valence-electron chi connectivity index (χ0n) is 16.7. The van der Waals surface area contributed by atoms with E-state index in [0.717, 1.165) is 11.5 Å². The summed E-state index contributed by atoms with van der Waals surface area (Å²) in [6.07, 6.45) is 2.33. The Morgan fingerprint density at radius 1 is 1.26 bits per heavy atom. The second-order valence-electron chi connectivity index (χ2n) is 9.08. The summed E-state index contributed by atoms with van der Waals surface area (Å²) in [5, 5.41) is 0. The minimum atomic E-state index is -0.217. The topological polar surface area (TPSA) is 63.7 Å². The third-order valence-electron chi connectivity index (χ3n) is 5.87. The molecule has 144 valence electrons. The van der Waals surface area contributed by atoms with Crippen LogP contribution >= 0.6 is 0 Å². The fourth-order valence-electron chi connectivity index (χ4n) is 4.16. The first kappa shape index (κ1) is 18.1. The normalized spacial score (nSPS) is 23.2. The van der Waals surface area contributed by atoms with E-state index in [-0.39, 0.29) is 22.9 Å². The molecule has 1 saturated carbocycles. The Labute approximate surface area is 159 Å². The lowest BCUT2D eigenvalue weighted by atomic mass is 9.76. The van der Waals surface area contributed by atoms with Gasteiger partial charge in [0.15, 0.2) is 11.5 Å². The van der Waals surface area contributed by atoms with Crippen molar-refractivity contribution in [3.05, 3.63) is 46.3 Å². The summed E-state index contributed by atoms with van der Waals surface area (Å²) >= 11 is 0. The van der Waals surface area contributed by atoms with Gasteiger partial charge in [0, 0.05) is 31.4 Å². The Morgan fingerprint density at radius 3 is 2.63 bits per heavy atom. The van der Waals surface area contributed by atoms with Gasteiger partial charge in [0.25, 0.3) is 5.91 Å². The van der Waals surface area contributed by atoms with E-state index in [1.54, 1.807) is 18.9 Å². The molecule has 2 aliphatic rings. The van der Waals surface area contributed by atoms with E-state index in [4.69, 9.17) is 8.83 Å². The molecule has 0 aromatic carbocycles. The lowest BCUT2D eigenvalue weighted by Crippen LogP contribution is -2.26. The van der Waals surface area contributed by atoms with Crippen molar-refractivity contribution in [1.82, 2.24) is 4.90 Å². The Bertz CT molecular complexity index is 917. The molecule has 2 atom stereocenters. The Hall–Kier alpha value is -2.30. The molecule has 0 unspecified atom stereocenters. The fourth-order valence-corrected chi connectivity index (χ4v) is 4.16. The smallest absolute Gasteiger partial charge is 0.290 e. The van der Waals surface area contributed by atoms with Crippen molar-refractivity contribution in [1.29, 1.82) is 0 Å². The van der Waals surface area contributed by atoms with Gasteiger partial charge in [0.05, 0.1) is 12.1 Å². The molecule has 5 heteroatoms. The Morgan fingerprint density at radius 2 is 1.96 bits per heavy atom. The predicted molar refractivity (Wildman–Crippen MR) is 101 cm³/mol. The number of nitrogens with zero attached hydrogens (tertiary/aromatic N) is 1. The summed E-state index contributed by atoms with van der Waals surface area (Å²) in [6.45, 7) is 8.50. The van der Waals surface area contributed by atoms with Gasteiger partial charge in [-0.25, -0.2) is 0 Å². The summed E-state index contributed by atoms with van der Waals surface area (Å²) in [6, 6.07) is 3.95. The summed E-state index contributed by atoms with van der Waals surface area (Å²) < 4.78 is 11.8. The molecular weight excluding hydrogens is 342 g/mol. The first-order chi connectivity index (χ1) is 12.7. The number of hydrogen-bond acceptors (Lipinski definition) is 4. The quantitative estimate of drug-likeness (QED) is 0.781. The van der Waals surface area contributed by atoms with Gasteiger partial charge in [-0.05, 0) is 36.8 Å². The molecule has 2 aromatic rings. The largest absolute Gasteiger partial charge is 0.464 e. The molecule has 0 spiro atoms. The number of carbonyl (C=O) groups excluding carboxylic acids is 2. The highest BCUT2D eigenvalue weighted by molar-refractivity contribution is 6.03. The highest BCUT2D eigenvalue weighted by Gasteiger charge is 2.38. The number of fused-ring (bicyclic) bond motifs is 1. The molecule has 2 heterocycles. The van der Waals surface area contributed by atoms with E-state index in [2.05, 4.69) is 20.8 Å². The Kier molecular flexibility index (Phi) is 4.09. The zero-order valence-corrected chi connectivity index (χ0v) is 16.7. The molecule has 0 aliphatic heterocycles. The average molecular weight is 369 g/mol. The minimum absolute atomic E-state index is 0.0680. The highest BCUT2D eigenvalue weighted by atomic mass is 16.4. The van der Waals surface area contributed by atoms with Crippen LogP contribution in [0.4, 0.5) is 0 Å². The van der Waals surface area contributed by atoms with Gasteiger partial charge >= 0.3 is 0 Å². The monoisotopic (exact) mass is 369 g/mol. The first-order valence-electron chi connectivity index (χ1n) is 9.66. The van der Waals surface area contributed by atoms with Gasteiger partial charge in [0.2, 0.25) is 0 Å². The van der Waals surface area contributed by atoms with Crippen molar-refractivity contribution in [3.63, 3.8) is 0 Å². The van der Waals surface area contributed by atoms with Crippen LogP contribution in [-0.4, -0.2) is 23.6 Å². The highest BCUT2D eigenvalue weighted by Crippen LogP contribution is 2.47. The molecule has 5 nitrogen and oxygen atoms in total. The fraction of sp³-hybridized carbons (Fsp3) is 0.545. The van der Waals surface area contributed by atoms with E-state index in [1.807, 2.05) is 12.1 Å². The number of carbonyl (C=O) groups is 2. The SMILES string of the molecule is Cc1c(C(=O)N(C)Cc2ccc([C@@H]3C[C@H]3C)o2)oc2c1C(=O)CC(C)(C)C2. The van der Waals surface area contributed by atoms with Gasteiger partial charge in [-0.15, -0.1) is 0 Å². The van der Waals surface area contributed by atoms with Crippen LogP contribution in [0.1, 0.15) is 83.3 Å². The molecule has 1 amide bonds. The number of ketones is 1. The standard InChI is InChI=1S/C22H27NO4/c1-12-8-15(12)17-7-6-14(26-17)11-23(5)21(25)20-13(2)19-16(24)9-22(3,4)10-18(19)27-20/h6-7,12,15H,8-11H2,1-5H3/t12-,15-/m1/s1. The van der Waals surface area contributed by atoms with Crippen LogP contribution in [0.5, 0.6) is 0 Å². The van der Waals surface area contributed by atoms with Crippen LogP contribution in [-0.2, 0) is 13.0 Å². The van der Waals surface area contributed by atoms with Gasteiger partial charge < -0.3 is 13.7 Å². The number of Topliss-reactive ketones (excluding diaryl/α,β-unsaturated/α-hetero) is 1. The van der Waals surface area contributed by atoms with Crippen LogP contribution < -0.4 is 0 Å². The van der Waals surface area contributed by atoms with E-state index >= 15 is 0 Å². The average Bonchev–Trinajstić information content (AvgIpc) is 2.98. The van der Waals surface area contributed by atoms with Crippen LogP contribution in [0.3, 0.4) is 0 Å². The molecular formula is C22H27NO4. The van der Waals surface area contributed by atoms with Crippen molar-refractivity contribution < 1.29 is 18.4 Å². The molecule has 0 saturated heterocycles. The van der Waals surface area contributed by atoms with Crippen LogP contribution in [0.2, 0.25) is 0 Å². The maximum atomic E-state index is 12.9. The molecule has 0 radical (unpaired) electrons. The maximum absolute atomic E-state index is 12.9. The van der Waals surface area contributed by atoms with E-state index in [1.165, 1.54) is 6.42 Å². The summed E-state index contributed by atoms with van der Waals surface area (Å²) in [5.74, 6) is 3.76. The molecule has 2 aliphatic carbocycles. The lowest BCUT2D eigenvalue weighted by Gasteiger charge is -2.27. The Balaban J connectivity index is 1.52. The van der Waals surface area contributed by atoms with Crippen molar-refractivity contribution in [2.75, 3.05) is 7.05 Å². The minimum Gasteiger partial charge on any atom is -0.464 e. The number of amides is 1. The summed E-state index contributed by atoms with van der Waals surface area (Å²) in [4.78, 5) is 27.0. The molecule has 4 rings (SSSR count). The van der Waals surface area contributed by atoms with Crippen molar-refractivity contribution in [2.24, 2.45) is 11.3 Å². The number of rotatable bonds is 4. The van der Waals surface area contributed by atoms with Gasteiger partial charge in [-0.1, -0.05) is 20.8 Å². The van der Waals surface area contributed by atoms with Gasteiger partial charge in [-0.3, -0.25) is 9.59 Å². The van der Waals surface area contributed by atoms with Crippen molar-refractivity contribution >= 4 is 11.7 Å². The first-order valence-corrected chi connectivity index (χ1v) is 9.66. The summed E-state index contributed by atoms with van der Waals surface area (Å²) in [5.41, 5.74) is 1.13. The van der Waals surface area contributed by atoms with Crippen LogP contribution in [0.25, 0.3) is 0 Å². The summed E-state index contributed by atoms with van der Waals surface area (Å²) in [7, 11) is 1.73. The van der Waals surface area contributed by atoms with Gasteiger partial charge in [0.1, 0.15) is 17.3 Å². The second-order valence-corrected chi connectivity index (χ2v) is 9.08. The number of hydrogen-bond donors (Lipinski definition) is 0. The third-order valence-corrected chi connectivity index (χ3v) is 5.87. The van der Waals surface area contributed by atoms with Crippen LogP contribution in [0, 0.1) is 18.3 Å². The third kappa shape index (κ3) is 3.24. The van der Waals surface area contributed by atoms with Crippen molar-refractivity contribution in [2.45, 2.75) is 59.4 Å². The van der Waals surface area contributed by atoms with E-state index < -0.39 is 0 Å². The number of furan rings is 2. The zero-order chi connectivity index (χ0) is 19.5. The van der Waals surface area contributed by atoms with Gasteiger partial charge in [-0.2, -0.15) is 0 Å². The predicted octanol–water partition coefficient (Wildman–Crippen LogP) is 4.73. The molecule has 27 heavy (non-hydrogen) atoms. The second kappa shape index (κ2) is 6.11.